The molecule has 3 aromatic rings. The number of pyridine rings is 1. The van der Waals surface area contributed by atoms with E-state index >= 15 is 0 Å². The molecule has 1 aromatic heterocycles. The summed E-state index contributed by atoms with van der Waals surface area (Å²) in [6.45, 7) is 0.409. The molecule has 27 heavy (non-hydrogen) atoms. The van der Waals surface area contributed by atoms with E-state index in [0.29, 0.717) is 17.8 Å². The van der Waals surface area contributed by atoms with Gasteiger partial charge in [-0.05, 0) is 42.0 Å². The van der Waals surface area contributed by atoms with Crippen LogP contribution in [0.1, 0.15) is 15.9 Å². The van der Waals surface area contributed by atoms with Gasteiger partial charge in [-0.3, -0.25) is 14.5 Å². The Hall–Kier alpha value is -3.19. The number of carbonyl (C=O) groups is 1. The van der Waals surface area contributed by atoms with E-state index < -0.39 is 10.0 Å². The minimum absolute atomic E-state index is 0.162. The largest absolute Gasteiger partial charge is 0.337 e. The van der Waals surface area contributed by atoms with E-state index in [1.165, 1.54) is 18.2 Å². The summed E-state index contributed by atoms with van der Waals surface area (Å²) in [5.74, 6) is -0.209. The maximum atomic E-state index is 12.7. The standard InChI is InChI=1S/C20H19N3O3S/c1-23(15-16-7-6-12-21-14-16)20(24)17-8-5-9-18(13-17)22-27(25,26)19-10-3-2-4-11-19/h2-14,22H,15H2,1H3. The molecule has 6 nitrogen and oxygen atoms in total. The van der Waals surface area contributed by atoms with Crippen LogP contribution in [0.5, 0.6) is 0 Å². The van der Waals surface area contributed by atoms with Gasteiger partial charge in [0.25, 0.3) is 15.9 Å². The predicted octanol–water partition coefficient (Wildman–Crippen LogP) is 3.15. The molecule has 0 aliphatic rings. The van der Waals surface area contributed by atoms with Crippen LogP contribution < -0.4 is 4.72 Å². The number of carbonyl (C=O) groups excluding carboxylic acids is 1. The fraction of sp³-hybridized carbons (Fsp3) is 0.100. The number of benzene rings is 2. The van der Waals surface area contributed by atoms with E-state index in [1.807, 2.05) is 12.1 Å². The van der Waals surface area contributed by atoms with Gasteiger partial charge in [0.05, 0.1) is 4.90 Å². The van der Waals surface area contributed by atoms with Crippen molar-refractivity contribution in [2.75, 3.05) is 11.8 Å². The molecule has 0 aliphatic heterocycles. The maximum Gasteiger partial charge on any atom is 0.261 e. The van der Waals surface area contributed by atoms with Gasteiger partial charge >= 0.3 is 0 Å². The van der Waals surface area contributed by atoms with Crippen molar-refractivity contribution in [2.45, 2.75) is 11.4 Å². The Labute approximate surface area is 158 Å². The van der Waals surface area contributed by atoms with Gasteiger partial charge in [-0.25, -0.2) is 8.42 Å². The van der Waals surface area contributed by atoms with Crippen molar-refractivity contribution in [1.29, 1.82) is 0 Å². The van der Waals surface area contributed by atoms with Gasteiger partial charge in [0.15, 0.2) is 0 Å². The molecule has 138 valence electrons. The SMILES string of the molecule is CN(Cc1cccnc1)C(=O)c1cccc(NS(=O)(=O)c2ccccc2)c1. The van der Waals surface area contributed by atoms with Gasteiger partial charge in [-0.2, -0.15) is 0 Å². The number of nitrogens with one attached hydrogen (secondary N) is 1. The first-order valence-corrected chi connectivity index (χ1v) is 9.76. The minimum atomic E-state index is -3.71. The molecule has 0 spiro atoms. The summed E-state index contributed by atoms with van der Waals surface area (Å²) in [5.41, 5.74) is 1.64. The second kappa shape index (κ2) is 8.01. The molecule has 0 fully saturated rings. The van der Waals surface area contributed by atoms with Gasteiger partial charge in [-0.1, -0.05) is 30.3 Å². The lowest BCUT2D eigenvalue weighted by molar-refractivity contribution is 0.0785. The zero-order valence-electron chi connectivity index (χ0n) is 14.7. The lowest BCUT2D eigenvalue weighted by Crippen LogP contribution is -2.26. The van der Waals surface area contributed by atoms with Crippen LogP contribution in [-0.4, -0.2) is 31.3 Å². The van der Waals surface area contributed by atoms with Crippen molar-refractivity contribution in [3.8, 4) is 0 Å². The average Bonchev–Trinajstić information content (AvgIpc) is 2.69. The Kier molecular flexibility index (Phi) is 5.52. The van der Waals surface area contributed by atoms with E-state index in [-0.39, 0.29) is 10.8 Å². The second-order valence-electron chi connectivity index (χ2n) is 6.02. The number of anilines is 1. The van der Waals surface area contributed by atoms with Gasteiger partial charge in [-0.15, -0.1) is 0 Å². The summed E-state index contributed by atoms with van der Waals surface area (Å²) in [7, 11) is -2.02. The molecule has 7 heteroatoms. The highest BCUT2D eigenvalue weighted by atomic mass is 32.2. The Morgan fingerprint density at radius 2 is 1.81 bits per heavy atom. The van der Waals surface area contributed by atoms with Crippen molar-refractivity contribution in [2.24, 2.45) is 0 Å². The van der Waals surface area contributed by atoms with Crippen LogP contribution in [0.25, 0.3) is 0 Å². The van der Waals surface area contributed by atoms with E-state index in [4.69, 9.17) is 0 Å². The van der Waals surface area contributed by atoms with E-state index in [2.05, 4.69) is 9.71 Å². The number of aromatic nitrogens is 1. The third-order valence-corrected chi connectivity index (χ3v) is 5.30. The fourth-order valence-electron chi connectivity index (χ4n) is 2.59. The van der Waals surface area contributed by atoms with Gasteiger partial charge in [0.2, 0.25) is 0 Å². The molecule has 0 saturated carbocycles. The molecule has 0 aliphatic carbocycles. The molecule has 2 aromatic carbocycles. The molecule has 0 bridgehead atoms. The van der Waals surface area contributed by atoms with Crippen LogP contribution in [0.4, 0.5) is 5.69 Å². The third kappa shape index (κ3) is 4.71. The lowest BCUT2D eigenvalue weighted by atomic mass is 10.1. The van der Waals surface area contributed by atoms with Crippen LogP contribution in [0, 0.1) is 0 Å². The van der Waals surface area contributed by atoms with E-state index in [9.17, 15) is 13.2 Å². The summed E-state index contributed by atoms with van der Waals surface area (Å²) >= 11 is 0. The van der Waals surface area contributed by atoms with Gasteiger partial charge < -0.3 is 4.90 Å². The van der Waals surface area contributed by atoms with Crippen LogP contribution in [-0.2, 0) is 16.6 Å². The fourth-order valence-corrected chi connectivity index (χ4v) is 3.66. The third-order valence-electron chi connectivity index (χ3n) is 3.90. The average molecular weight is 381 g/mol. The molecule has 3 rings (SSSR count). The van der Waals surface area contributed by atoms with Crippen molar-refractivity contribution in [3.63, 3.8) is 0 Å². The first-order chi connectivity index (χ1) is 13.0. The molecule has 0 atom stereocenters. The predicted molar refractivity (Wildman–Crippen MR) is 104 cm³/mol. The zero-order chi connectivity index (χ0) is 19.3. The molecule has 1 amide bonds. The van der Waals surface area contributed by atoms with Crippen LogP contribution >= 0.6 is 0 Å². The Balaban J connectivity index is 1.76. The summed E-state index contributed by atoms with van der Waals surface area (Å²) < 4.78 is 27.4. The Morgan fingerprint density at radius 1 is 1.04 bits per heavy atom. The summed E-state index contributed by atoms with van der Waals surface area (Å²) in [4.78, 5) is 18.4. The van der Waals surface area contributed by atoms with Crippen LogP contribution in [0.3, 0.4) is 0 Å². The molecular formula is C20H19N3O3S. The summed E-state index contributed by atoms with van der Waals surface area (Å²) in [5, 5.41) is 0. The van der Waals surface area contributed by atoms with Crippen LogP contribution in [0.2, 0.25) is 0 Å². The number of hydrogen-bond donors (Lipinski definition) is 1. The topological polar surface area (TPSA) is 79.4 Å². The van der Waals surface area contributed by atoms with Crippen molar-refractivity contribution >= 4 is 21.6 Å². The molecule has 1 N–H and O–H groups in total. The highest BCUT2D eigenvalue weighted by Crippen LogP contribution is 2.18. The van der Waals surface area contributed by atoms with E-state index in [0.717, 1.165) is 5.56 Å². The van der Waals surface area contributed by atoms with Crippen LogP contribution in [0.15, 0.2) is 84.0 Å². The number of hydrogen-bond acceptors (Lipinski definition) is 4. The summed E-state index contributed by atoms with van der Waals surface area (Å²) in [6.07, 6.45) is 3.38. The smallest absolute Gasteiger partial charge is 0.261 e. The lowest BCUT2D eigenvalue weighted by Gasteiger charge is -2.17. The second-order valence-corrected chi connectivity index (χ2v) is 7.70. The molecule has 0 radical (unpaired) electrons. The molecular weight excluding hydrogens is 362 g/mol. The quantitative estimate of drug-likeness (QED) is 0.711. The monoisotopic (exact) mass is 381 g/mol. The number of amides is 1. The van der Waals surface area contributed by atoms with Crippen molar-refractivity contribution in [3.05, 3.63) is 90.3 Å². The maximum absolute atomic E-state index is 12.7. The highest BCUT2D eigenvalue weighted by Gasteiger charge is 2.16. The molecule has 1 heterocycles. The number of nitrogens with zero attached hydrogens (tertiary/aromatic N) is 2. The molecule has 0 saturated heterocycles. The zero-order valence-corrected chi connectivity index (χ0v) is 15.6. The minimum Gasteiger partial charge on any atom is -0.337 e. The first-order valence-electron chi connectivity index (χ1n) is 8.28. The van der Waals surface area contributed by atoms with Crippen molar-refractivity contribution < 1.29 is 13.2 Å². The molecule has 0 unspecified atom stereocenters. The van der Waals surface area contributed by atoms with Crippen molar-refractivity contribution in [1.82, 2.24) is 9.88 Å². The van der Waals surface area contributed by atoms with Gasteiger partial charge in [0.1, 0.15) is 0 Å². The van der Waals surface area contributed by atoms with E-state index in [1.54, 1.807) is 60.7 Å². The highest BCUT2D eigenvalue weighted by molar-refractivity contribution is 7.92. The Morgan fingerprint density at radius 3 is 2.52 bits per heavy atom. The summed E-state index contributed by atoms with van der Waals surface area (Å²) in [6, 6.07) is 18.2. The number of sulfonamides is 1. The number of rotatable bonds is 6. The Bertz CT molecular complexity index is 1020. The normalized spacial score (nSPS) is 11.0. The first kappa shape index (κ1) is 18.6. The van der Waals surface area contributed by atoms with Gasteiger partial charge in [0, 0.05) is 37.2 Å².